The maximum atomic E-state index is 10.6. The SMILES string of the molecule is COc1ccc2c(C=O)cn(O)c2c1. The minimum absolute atomic E-state index is 0.463. The molecule has 4 nitrogen and oxygen atoms in total. The fourth-order valence-corrected chi connectivity index (χ4v) is 1.44. The zero-order chi connectivity index (χ0) is 10.1. The molecule has 0 amide bonds. The molecule has 0 spiro atoms. The number of carbonyl (C=O) groups excluding carboxylic acids is 1. The molecule has 14 heavy (non-hydrogen) atoms. The lowest BCUT2D eigenvalue weighted by Gasteiger charge is -1.99. The molecule has 0 saturated carbocycles. The Morgan fingerprint density at radius 3 is 2.93 bits per heavy atom. The lowest BCUT2D eigenvalue weighted by molar-refractivity contribution is 0.112. The quantitative estimate of drug-likeness (QED) is 0.580. The summed E-state index contributed by atoms with van der Waals surface area (Å²) in [6.07, 6.45) is 2.08. The smallest absolute Gasteiger partial charge is 0.152 e. The van der Waals surface area contributed by atoms with Gasteiger partial charge in [-0.05, 0) is 12.1 Å². The van der Waals surface area contributed by atoms with E-state index in [-0.39, 0.29) is 0 Å². The lowest BCUT2D eigenvalue weighted by atomic mass is 10.2. The van der Waals surface area contributed by atoms with Gasteiger partial charge >= 0.3 is 0 Å². The Morgan fingerprint density at radius 1 is 1.50 bits per heavy atom. The van der Waals surface area contributed by atoms with Gasteiger partial charge in [0.05, 0.1) is 18.8 Å². The summed E-state index contributed by atoms with van der Waals surface area (Å²) in [6.45, 7) is 0. The molecule has 0 aliphatic heterocycles. The highest BCUT2D eigenvalue weighted by Crippen LogP contribution is 2.23. The highest BCUT2D eigenvalue weighted by molar-refractivity contribution is 5.97. The van der Waals surface area contributed by atoms with Crippen molar-refractivity contribution in [2.45, 2.75) is 0 Å². The molecule has 0 aliphatic carbocycles. The van der Waals surface area contributed by atoms with Gasteiger partial charge in [-0.1, -0.05) is 0 Å². The van der Waals surface area contributed by atoms with Crippen molar-refractivity contribution in [3.63, 3.8) is 0 Å². The molecule has 72 valence electrons. The minimum atomic E-state index is 0.463. The molecule has 1 heterocycles. The average Bonchev–Trinajstić information content (AvgIpc) is 2.55. The highest BCUT2D eigenvalue weighted by atomic mass is 16.5. The van der Waals surface area contributed by atoms with Crippen molar-refractivity contribution in [3.05, 3.63) is 30.0 Å². The second kappa shape index (κ2) is 3.06. The topological polar surface area (TPSA) is 51.5 Å². The normalized spacial score (nSPS) is 10.4. The van der Waals surface area contributed by atoms with E-state index < -0.39 is 0 Å². The van der Waals surface area contributed by atoms with E-state index in [0.717, 1.165) is 4.73 Å². The Kier molecular flexibility index (Phi) is 1.89. The molecule has 0 saturated heterocycles. The second-order valence-corrected chi connectivity index (χ2v) is 2.93. The summed E-state index contributed by atoms with van der Waals surface area (Å²) in [5.74, 6) is 0.642. The Bertz CT molecular complexity index is 487. The third-order valence-electron chi connectivity index (χ3n) is 2.15. The number of hydrogen-bond donors (Lipinski definition) is 1. The largest absolute Gasteiger partial charge is 0.497 e. The summed E-state index contributed by atoms with van der Waals surface area (Å²) < 4.78 is 5.93. The predicted molar refractivity (Wildman–Crippen MR) is 51.1 cm³/mol. The Morgan fingerprint density at radius 2 is 2.29 bits per heavy atom. The van der Waals surface area contributed by atoms with Crippen LogP contribution in [0.1, 0.15) is 10.4 Å². The lowest BCUT2D eigenvalue weighted by Crippen LogP contribution is -1.87. The summed E-state index contributed by atoms with van der Waals surface area (Å²) in [4.78, 5) is 10.6. The fourth-order valence-electron chi connectivity index (χ4n) is 1.44. The summed E-state index contributed by atoms with van der Waals surface area (Å²) in [7, 11) is 1.55. The number of fused-ring (bicyclic) bond motifs is 1. The minimum Gasteiger partial charge on any atom is -0.497 e. The van der Waals surface area contributed by atoms with Crippen molar-refractivity contribution in [2.75, 3.05) is 7.11 Å². The first-order valence-corrected chi connectivity index (χ1v) is 4.10. The van der Waals surface area contributed by atoms with Crippen LogP contribution >= 0.6 is 0 Å². The molecule has 2 rings (SSSR count). The first kappa shape index (κ1) is 8.62. The van der Waals surface area contributed by atoms with Gasteiger partial charge in [-0.15, -0.1) is 0 Å². The average molecular weight is 191 g/mol. The van der Waals surface area contributed by atoms with Gasteiger partial charge in [0.15, 0.2) is 6.29 Å². The van der Waals surface area contributed by atoms with Crippen LogP contribution in [0.2, 0.25) is 0 Å². The van der Waals surface area contributed by atoms with Gasteiger partial charge in [0.2, 0.25) is 0 Å². The molecule has 1 aromatic heterocycles. The molecule has 0 fully saturated rings. The van der Waals surface area contributed by atoms with Gasteiger partial charge in [-0.3, -0.25) is 4.79 Å². The van der Waals surface area contributed by atoms with Crippen LogP contribution in [0.5, 0.6) is 5.75 Å². The number of aromatic nitrogens is 1. The first-order valence-electron chi connectivity index (χ1n) is 4.10. The highest BCUT2D eigenvalue weighted by Gasteiger charge is 2.07. The monoisotopic (exact) mass is 191 g/mol. The van der Waals surface area contributed by atoms with Crippen LogP contribution in [-0.4, -0.2) is 23.3 Å². The van der Waals surface area contributed by atoms with E-state index >= 15 is 0 Å². The first-order chi connectivity index (χ1) is 6.76. The van der Waals surface area contributed by atoms with Gasteiger partial charge in [-0.2, -0.15) is 4.73 Å². The van der Waals surface area contributed by atoms with E-state index in [2.05, 4.69) is 0 Å². The van der Waals surface area contributed by atoms with Crippen LogP contribution in [0.3, 0.4) is 0 Å². The Hall–Kier alpha value is -1.97. The van der Waals surface area contributed by atoms with E-state index in [1.165, 1.54) is 6.20 Å². The van der Waals surface area contributed by atoms with Crippen LogP contribution in [0.4, 0.5) is 0 Å². The number of methoxy groups -OCH3 is 1. The van der Waals surface area contributed by atoms with Crippen LogP contribution in [0, 0.1) is 0 Å². The summed E-state index contributed by atoms with van der Waals surface area (Å²) in [5.41, 5.74) is 1.02. The second-order valence-electron chi connectivity index (χ2n) is 2.93. The number of ether oxygens (including phenoxy) is 1. The zero-order valence-corrected chi connectivity index (χ0v) is 7.60. The van der Waals surface area contributed by atoms with Crippen molar-refractivity contribution in [1.82, 2.24) is 4.73 Å². The van der Waals surface area contributed by atoms with Gasteiger partial charge in [0, 0.05) is 17.0 Å². The third kappa shape index (κ3) is 1.12. The Labute approximate surface area is 80.3 Å². The molecule has 0 unspecified atom stereocenters. The maximum Gasteiger partial charge on any atom is 0.152 e. The van der Waals surface area contributed by atoms with Crippen LogP contribution in [0.25, 0.3) is 10.9 Å². The number of benzene rings is 1. The van der Waals surface area contributed by atoms with Crippen LogP contribution in [-0.2, 0) is 0 Å². The number of carbonyl (C=O) groups is 1. The molecule has 1 N–H and O–H groups in total. The molecular weight excluding hydrogens is 182 g/mol. The molecule has 4 heteroatoms. The van der Waals surface area contributed by atoms with Crippen molar-refractivity contribution < 1.29 is 14.7 Å². The van der Waals surface area contributed by atoms with Crippen molar-refractivity contribution >= 4 is 17.2 Å². The summed E-state index contributed by atoms with van der Waals surface area (Å²) >= 11 is 0. The van der Waals surface area contributed by atoms with Gasteiger partial charge in [-0.25, -0.2) is 0 Å². The van der Waals surface area contributed by atoms with Crippen molar-refractivity contribution in [1.29, 1.82) is 0 Å². The molecule has 0 atom stereocenters. The standard InChI is InChI=1S/C10H9NO3/c1-14-8-2-3-9-7(6-12)5-11(13)10(9)4-8/h2-6,13H,1H3. The molecular formula is C10H9NO3. The van der Waals surface area contributed by atoms with E-state index in [0.29, 0.717) is 28.5 Å². The molecule has 2 aromatic rings. The van der Waals surface area contributed by atoms with E-state index in [4.69, 9.17) is 4.74 Å². The predicted octanol–water partition coefficient (Wildman–Crippen LogP) is 1.70. The van der Waals surface area contributed by atoms with Gasteiger partial charge in [0.25, 0.3) is 0 Å². The zero-order valence-electron chi connectivity index (χ0n) is 7.60. The fraction of sp³-hybridized carbons (Fsp3) is 0.100. The molecule has 1 aromatic carbocycles. The molecule has 0 bridgehead atoms. The number of rotatable bonds is 2. The number of aldehydes is 1. The van der Waals surface area contributed by atoms with Gasteiger partial charge < -0.3 is 9.94 Å². The summed E-state index contributed by atoms with van der Waals surface area (Å²) in [5, 5.41) is 10.2. The van der Waals surface area contributed by atoms with Crippen LogP contribution in [0.15, 0.2) is 24.4 Å². The van der Waals surface area contributed by atoms with E-state index in [9.17, 15) is 10.0 Å². The van der Waals surface area contributed by atoms with Crippen molar-refractivity contribution in [3.8, 4) is 5.75 Å². The van der Waals surface area contributed by atoms with Crippen LogP contribution < -0.4 is 4.74 Å². The number of nitrogens with zero attached hydrogens (tertiary/aromatic N) is 1. The molecule has 0 radical (unpaired) electrons. The summed E-state index contributed by atoms with van der Waals surface area (Å²) in [6, 6.07) is 5.16. The third-order valence-corrected chi connectivity index (χ3v) is 2.15. The van der Waals surface area contributed by atoms with Gasteiger partial charge in [0.1, 0.15) is 5.75 Å². The Balaban J connectivity index is 2.76. The van der Waals surface area contributed by atoms with E-state index in [1.54, 1.807) is 25.3 Å². The molecule has 0 aliphatic rings. The maximum absolute atomic E-state index is 10.6. The van der Waals surface area contributed by atoms with Crippen molar-refractivity contribution in [2.24, 2.45) is 0 Å². The van der Waals surface area contributed by atoms with E-state index in [1.807, 2.05) is 0 Å². The number of hydrogen-bond acceptors (Lipinski definition) is 3.